The maximum atomic E-state index is 3.83. The lowest BCUT2D eigenvalue weighted by molar-refractivity contribution is 1.20. The van der Waals surface area contributed by atoms with Crippen molar-refractivity contribution in [2.75, 3.05) is 4.90 Å². The van der Waals surface area contributed by atoms with Crippen LogP contribution in [0.2, 0.25) is 0 Å². The molecule has 0 saturated carbocycles. The first-order valence-electron chi connectivity index (χ1n) is 7.13. The summed E-state index contributed by atoms with van der Waals surface area (Å²) in [5.41, 5.74) is 4.61. The molecule has 0 aliphatic carbocycles. The van der Waals surface area contributed by atoms with E-state index in [0.29, 0.717) is 0 Å². The summed E-state index contributed by atoms with van der Waals surface area (Å²) in [5, 5.41) is 0. The number of rotatable bonds is 5. The number of nitrogens with zero attached hydrogens (tertiary/aromatic N) is 1. The second-order valence-electron chi connectivity index (χ2n) is 4.83. The van der Waals surface area contributed by atoms with Crippen molar-refractivity contribution < 1.29 is 0 Å². The summed E-state index contributed by atoms with van der Waals surface area (Å²) in [4.78, 5) is 2.22. The van der Waals surface area contributed by atoms with E-state index in [1.807, 2.05) is 31.2 Å². The zero-order valence-corrected chi connectivity index (χ0v) is 12.7. The lowest BCUT2D eigenvalue weighted by Gasteiger charge is -2.26. The van der Waals surface area contributed by atoms with Gasteiger partial charge in [0, 0.05) is 17.1 Å². The normalized spacial score (nSPS) is 11.6. The van der Waals surface area contributed by atoms with Crippen molar-refractivity contribution in [3.8, 4) is 0 Å². The van der Waals surface area contributed by atoms with E-state index in [1.165, 1.54) is 5.56 Å². The fraction of sp³-hybridized carbons (Fsp3) is 0.100. The van der Waals surface area contributed by atoms with Crippen molar-refractivity contribution in [1.82, 2.24) is 0 Å². The number of anilines is 2. The molecule has 2 aromatic carbocycles. The van der Waals surface area contributed by atoms with Crippen molar-refractivity contribution in [2.24, 2.45) is 0 Å². The van der Waals surface area contributed by atoms with E-state index in [-0.39, 0.29) is 0 Å². The molecule has 1 nitrogen and oxygen atoms in total. The smallest absolute Gasteiger partial charge is 0.0461 e. The Morgan fingerprint density at radius 1 is 0.952 bits per heavy atom. The second-order valence-corrected chi connectivity index (χ2v) is 4.83. The molecule has 0 atom stereocenters. The summed E-state index contributed by atoms with van der Waals surface area (Å²) >= 11 is 0. The number of hydrogen-bond acceptors (Lipinski definition) is 1. The van der Waals surface area contributed by atoms with Crippen molar-refractivity contribution >= 4 is 11.4 Å². The molecule has 2 aromatic rings. The Kier molecular flexibility index (Phi) is 5.16. The third-order valence-electron chi connectivity index (χ3n) is 3.19. The van der Waals surface area contributed by atoms with Gasteiger partial charge in [0.25, 0.3) is 0 Å². The SMILES string of the molecule is C=C/C=C(\C=C/C)N(c1ccccc1)c1ccc(C)cc1. The highest BCUT2D eigenvalue weighted by molar-refractivity contribution is 5.70. The predicted octanol–water partition coefficient (Wildman–Crippen LogP) is 5.78. The van der Waals surface area contributed by atoms with Crippen LogP contribution < -0.4 is 4.90 Å². The Labute approximate surface area is 127 Å². The minimum absolute atomic E-state index is 1.09. The van der Waals surface area contributed by atoms with Gasteiger partial charge in [0.1, 0.15) is 0 Å². The van der Waals surface area contributed by atoms with Crippen molar-refractivity contribution in [2.45, 2.75) is 13.8 Å². The number of para-hydroxylation sites is 1. The van der Waals surface area contributed by atoms with Gasteiger partial charge in [-0.1, -0.05) is 54.6 Å². The van der Waals surface area contributed by atoms with Crippen LogP contribution in [0.4, 0.5) is 11.4 Å². The van der Waals surface area contributed by atoms with Crippen LogP contribution in [-0.2, 0) is 0 Å². The zero-order valence-electron chi connectivity index (χ0n) is 12.7. The Balaban J connectivity index is 2.56. The van der Waals surface area contributed by atoms with Crippen LogP contribution in [0, 0.1) is 6.92 Å². The topological polar surface area (TPSA) is 3.24 Å². The van der Waals surface area contributed by atoms with Crippen LogP contribution in [-0.4, -0.2) is 0 Å². The molecule has 0 spiro atoms. The molecule has 0 radical (unpaired) electrons. The third-order valence-corrected chi connectivity index (χ3v) is 3.19. The molecule has 0 aliphatic heterocycles. The molecule has 0 bridgehead atoms. The molecular formula is C20H21N. The fourth-order valence-corrected chi connectivity index (χ4v) is 2.21. The van der Waals surface area contributed by atoms with Gasteiger partial charge in [-0.05, 0) is 50.3 Å². The van der Waals surface area contributed by atoms with Gasteiger partial charge in [0.2, 0.25) is 0 Å². The van der Waals surface area contributed by atoms with Gasteiger partial charge in [-0.15, -0.1) is 0 Å². The molecule has 2 rings (SSSR count). The molecule has 0 unspecified atom stereocenters. The van der Waals surface area contributed by atoms with Gasteiger partial charge in [0.15, 0.2) is 0 Å². The quantitative estimate of drug-likeness (QED) is 0.625. The van der Waals surface area contributed by atoms with Gasteiger partial charge in [0.05, 0.1) is 0 Å². The second kappa shape index (κ2) is 7.30. The summed E-state index contributed by atoms with van der Waals surface area (Å²) in [6.07, 6.45) is 7.97. The summed E-state index contributed by atoms with van der Waals surface area (Å²) in [6.45, 7) is 7.95. The third kappa shape index (κ3) is 3.73. The van der Waals surface area contributed by atoms with Crippen LogP contribution >= 0.6 is 0 Å². The maximum Gasteiger partial charge on any atom is 0.0461 e. The van der Waals surface area contributed by atoms with Crippen LogP contribution in [0.3, 0.4) is 0 Å². The van der Waals surface area contributed by atoms with E-state index in [9.17, 15) is 0 Å². The molecule has 1 heteroatoms. The van der Waals surface area contributed by atoms with Crippen molar-refractivity contribution in [1.29, 1.82) is 0 Å². The number of allylic oxidation sites excluding steroid dienone is 4. The number of benzene rings is 2. The minimum atomic E-state index is 1.09. The minimum Gasteiger partial charge on any atom is -0.311 e. The van der Waals surface area contributed by atoms with Crippen LogP contribution in [0.1, 0.15) is 12.5 Å². The average Bonchev–Trinajstić information content (AvgIpc) is 2.51. The van der Waals surface area contributed by atoms with Gasteiger partial charge < -0.3 is 4.90 Å². The Bertz CT molecular complexity index is 633. The maximum absolute atomic E-state index is 3.83. The summed E-state index contributed by atoms with van der Waals surface area (Å²) in [7, 11) is 0. The predicted molar refractivity (Wildman–Crippen MR) is 92.9 cm³/mol. The molecular weight excluding hydrogens is 254 g/mol. The molecule has 0 amide bonds. The highest BCUT2D eigenvalue weighted by atomic mass is 15.1. The van der Waals surface area contributed by atoms with E-state index in [2.05, 4.69) is 73.0 Å². The highest BCUT2D eigenvalue weighted by Crippen LogP contribution is 2.30. The molecule has 0 N–H and O–H groups in total. The molecule has 0 fully saturated rings. The Hall–Kier alpha value is -2.54. The lowest BCUT2D eigenvalue weighted by atomic mass is 10.1. The van der Waals surface area contributed by atoms with Crippen molar-refractivity contribution in [3.05, 3.63) is 96.7 Å². The van der Waals surface area contributed by atoms with Crippen LogP contribution in [0.15, 0.2) is 91.2 Å². The number of hydrogen-bond donors (Lipinski definition) is 0. The van der Waals surface area contributed by atoms with E-state index < -0.39 is 0 Å². The van der Waals surface area contributed by atoms with Gasteiger partial charge in [-0.25, -0.2) is 0 Å². The molecule has 106 valence electrons. The van der Waals surface area contributed by atoms with Crippen LogP contribution in [0.25, 0.3) is 0 Å². The first-order chi connectivity index (χ1) is 10.3. The Morgan fingerprint density at radius 2 is 1.57 bits per heavy atom. The molecule has 0 saturated heterocycles. The Morgan fingerprint density at radius 3 is 2.14 bits per heavy atom. The van der Waals surface area contributed by atoms with E-state index in [0.717, 1.165) is 17.1 Å². The summed E-state index contributed by atoms with van der Waals surface area (Å²) in [5.74, 6) is 0. The molecule has 0 aliphatic rings. The van der Waals surface area contributed by atoms with E-state index in [4.69, 9.17) is 0 Å². The zero-order chi connectivity index (χ0) is 15.1. The van der Waals surface area contributed by atoms with Gasteiger partial charge in [-0.3, -0.25) is 0 Å². The summed E-state index contributed by atoms with van der Waals surface area (Å²) < 4.78 is 0. The van der Waals surface area contributed by atoms with Crippen LogP contribution in [0.5, 0.6) is 0 Å². The highest BCUT2D eigenvalue weighted by Gasteiger charge is 2.11. The first-order valence-corrected chi connectivity index (χ1v) is 7.13. The van der Waals surface area contributed by atoms with Gasteiger partial charge >= 0.3 is 0 Å². The molecule has 0 heterocycles. The average molecular weight is 275 g/mol. The van der Waals surface area contributed by atoms with E-state index >= 15 is 0 Å². The van der Waals surface area contributed by atoms with Crippen molar-refractivity contribution in [3.63, 3.8) is 0 Å². The monoisotopic (exact) mass is 275 g/mol. The molecule has 21 heavy (non-hydrogen) atoms. The standard InChI is InChI=1S/C20H21N/c1-4-9-18(10-5-2)21(19-11-7-6-8-12-19)20-15-13-17(3)14-16-20/h4-16H,1H2,2-3H3/b10-5-,18-9+. The number of aryl methyl sites for hydroxylation is 1. The lowest BCUT2D eigenvalue weighted by Crippen LogP contribution is -2.15. The largest absolute Gasteiger partial charge is 0.311 e. The van der Waals surface area contributed by atoms with Gasteiger partial charge in [-0.2, -0.15) is 0 Å². The van der Waals surface area contributed by atoms with E-state index in [1.54, 1.807) is 0 Å². The summed E-state index contributed by atoms with van der Waals surface area (Å²) in [6, 6.07) is 18.9. The fourth-order valence-electron chi connectivity index (χ4n) is 2.21. The molecule has 0 aromatic heterocycles. The first kappa shape index (κ1) is 14.9.